The molecule has 5 rings (SSSR count). The Morgan fingerprint density at radius 3 is 2.76 bits per heavy atom. The molecule has 1 aliphatic heterocycles. The average molecular weight is 441 g/mol. The fraction of sp³-hybridized carbons (Fsp3) is 0.240. The molecule has 8 nitrogen and oxygen atoms in total. The van der Waals surface area contributed by atoms with E-state index in [1.54, 1.807) is 12.4 Å². The largest absolute Gasteiger partial charge is 0.382 e. The van der Waals surface area contributed by atoms with Gasteiger partial charge >= 0.3 is 0 Å². The Labute approximate surface area is 193 Å². The molecule has 4 heterocycles. The average Bonchev–Trinajstić information content (AvgIpc) is 3.21. The smallest absolute Gasteiger partial charge is 0.154 e. The molecule has 0 radical (unpaired) electrons. The topological polar surface area (TPSA) is 111 Å². The van der Waals surface area contributed by atoms with Crippen LogP contribution in [0.25, 0.3) is 27.9 Å². The monoisotopic (exact) mass is 440 g/mol. The third-order valence-corrected chi connectivity index (χ3v) is 6.23. The van der Waals surface area contributed by atoms with Crippen molar-refractivity contribution in [2.45, 2.75) is 18.9 Å². The Morgan fingerprint density at radius 2 is 1.94 bits per heavy atom. The lowest BCUT2D eigenvalue weighted by Gasteiger charge is -2.33. The highest BCUT2D eigenvalue weighted by Crippen LogP contribution is 2.31. The minimum absolute atomic E-state index is 0.260. The van der Waals surface area contributed by atoms with E-state index in [1.807, 2.05) is 31.4 Å². The van der Waals surface area contributed by atoms with Crippen LogP contribution in [-0.2, 0) is 7.05 Å². The van der Waals surface area contributed by atoms with Crippen molar-refractivity contribution < 1.29 is 0 Å². The SMILES string of the molecule is C=C(Nc1ncccc1N1CCC(N)CC1)c1nc(-c2cccc3c2ccn3C)cnc1N. The molecule has 1 saturated heterocycles. The summed E-state index contributed by atoms with van der Waals surface area (Å²) in [6.45, 7) is 6.00. The van der Waals surface area contributed by atoms with Crippen LogP contribution in [0.4, 0.5) is 17.3 Å². The summed E-state index contributed by atoms with van der Waals surface area (Å²) in [5.41, 5.74) is 17.2. The number of aryl methyl sites for hydroxylation is 1. The number of hydrogen-bond donors (Lipinski definition) is 3. The maximum atomic E-state index is 6.21. The first-order valence-corrected chi connectivity index (χ1v) is 11.1. The van der Waals surface area contributed by atoms with Gasteiger partial charge in [-0.2, -0.15) is 0 Å². The summed E-state index contributed by atoms with van der Waals surface area (Å²) < 4.78 is 2.08. The zero-order valence-electron chi connectivity index (χ0n) is 18.7. The molecule has 0 spiro atoms. The zero-order valence-corrected chi connectivity index (χ0v) is 18.7. The maximum Gasteiger partial charge on any atom is 0.154 e. The molecule has 0 saturated carbocycles. The molecule has 168 valence electrons. The first-order chi connectivity index (χ1) is 16.0. The fourth-order valence-corrected chi connectivity index (χ4v) is 4.37. The van der Waals surface area contributed by atoms with E-state index >= 15 is 0 Å². The van der Waals surface area contributed by atoms with Crippen LogP contribution in [0.5, 0.6) is 0 Å². The van der Waals surface area contributed by atoms with Crippen molar-refractivity contribution in [3.63, 3.8) is 0 Å². The molecule has 0 atom stereocenters. The summed E-state index contributed by atoms with van der Waals surface area (Å²) in [5.74, 6) is 1.03. The number of rotatable bonds is 5. The molecule has 1 aliphatic rings. The second-order valence-corrected chi connectivity index (χ2v) is 8.45. The summed E-state index contributed by atoms with van der Waals surface area (Å²) in [4.78, 5) is 16.1. The number of piperidine rings is 1. The third kappa shape index (κ3) is 4.01. The number of nitrogen functional groups attached to an aromatic ring is 1. The summed E-state index contributed by atoms with van der Waals surface area (Å²) in [7, 11) is 2.03. The van der Waals surface area contributed by atoms with E-state index in [0.29, 0.717) is 17.2 Å². The van der Waals surface area contributed by atoms with Crippen LogP contribution in [0.3, 0.4) is 0 Å². The molecule has 8 heteroatoms. The van der Waals surface area contributed by atoms with E-state index in [0.717, 1.165) is 59.6 Å². The highest BCUT2D eigenvalue weighted by molar-refractivity contribution is 5.95. The number of pyridine rings is 1. The van der Waals surface area contributed by atoms with Gasteiger partial charge in [0.1, 0.15) is 5.69 Å². The van der Waals surface area contributed by atoms with Crippen molar-refractivity contribution in [3.05, 3.63) is 67.3 Å². The minimum Gasteiger partial charge on any atom is -0.382 e. The fourth-order valence-electron chi connectivity index (χ4n) is 4.37. The molecule has 0 bridgehead atoms. The van der Waals surface area contributed by atoms with Crippen LogP contribution in [0.15, 0.2) is 61.6 Å². The van der Waals surface area contributed by atoms with Crippen LogP contribution < -0.4 is 21.7 Å². The highest BCUT2D eigenvalue weighted by Gasteiger charge is 2.20. The number of anilines is 3. The number of nitrogens with zero attached hydrogens (tertiary/aromatic N) is 5. The van der Waals surface area contributed by atoms with Gasteiger partial charge in [-0.15, -0.1) is 0 Å². The lowest BCUT2D eigenvalue weighted by Crippen LogP contribution is -2.40. The first-order valence-electron chi connectivity index (χ1n) is 11.1. The molecule has 0 amide bonds. The van der Waals surface area contributed by atoms with Crippen molar-refractivity contribution in [1.82, 2.24) is 19.5 Å². The molecule has 5 N–H and O–H groups in total. The van der Waals surface area contributed by atoms with Gasteiger partial charge < -0.3 is 26.3 Å². The maximum absolute atomic E-state index is 6.21. The lowest BCUT2D eigenvalue weighted by atomic mass is 10.1. The van der Waals surface area contributed by atoms with Crippen LogP contribution in [0, 0.1) is 0 Å². The standard InChI is InChI=1S/C25H28N8/c1-16(30-25-22(7-4-11-28-25)33-13-8-17(26)9-14-33)23-24(27)29-15-20(31-23)18-5-3-6-21-19(18)10-12-32(21)2/h3-7,10-12,15,17H,1,8-9,13-14,26H2,2H3,(H2,27,29)(H,28,30). The summed E-state index contributed by atoms with van der Waals surface area (Å²) in [6.07, 6.45) is 7.42. The molecule has 1 fully saturated rings. The molecule has 0 aliphatic carbocycles. The van der Waals surface area contributed by atoms with Gasteiger partial charge in [-0.3, -0.25) is 0 Å². The molecular weight excluding hydrogens is 412 g/mol. The van der Waals surface area contributed by atoms with Crippen molar-refractivity contribution >= 4 is 33.9 Å². The van der Waals surface area contributed by atoms with Gasteiger partial charge in [0.25, 0.3) is 0 Å². The number of hydrogen-bond acceptors (Lipinski definition) is 7. The Bertz CT molecular complexity index is 1320. The van der Waals surface area contributed by atoms with E-state index in [4.69, 9.17) is 16.5 Å². The Balaban J connectivity index is 1.46. The number of aromatic nitrogens is 4. The van der Waals surface area contributed by atoms with Crippen molar-refractivity contribution in [2.75, 3.05) is 29.0 Å². The molecular formula is C25H28N8. The number of nitrogens with one attached hydrogen (secondary N) is 1. The number of benzene rings is 1. The van der Waals surface area contributed by atoms with E-state index in [1.165, 1.54) is 0 Å². The number of fused-ring (bicyclic) bond motifs is 1. The van der Waals surface area contributed by atoms with Crippen LogP contribution in [-0.4, -0.2) is 38.7 Å². The lowest BCUT2D eigenvalue weighted by molar-refractivity contribution is 0.501. The normalized spacial score (nSPS) is 14.5. The highest BCUT2D eigenvalue weighted by atomic mass is 15.2. The van der Waals surface area contributed by atoms with Crippen LogP contribution in [0.2, 0.25) is 0 Å². The first kappa shape index (κ1) is 21.0. The minimum atomic E-state index is 0.260. The second-order valence-electron chi connectivity index (χ2n) is 8.45. The summed E-state index contributed by atoms with van der Waals surface area (Å²) >= 11 is 0. The van der Waals surface area contributed by atoms with Gasteiger partial charge in [-0.1, -0.05) is 18.7 Å². The van der Waals surface area contributed by atoms with Crippen molar-refractivity contribution in [2.24, 2.45) is 12.8 Å². The number of nitrogens with two attached hydrogens (primary N) is 2. The summed E-state index contributed by atoms with van der Waals surface area (Å²) in [6, 6.07) is 12.5. The Hall–Kier alpha value is -3.91. The van der Waals surface area contributed by atoms with Gasteiger partial charge in [0, 0.05) is 55.0 Å². The molecule has 3 aromatic heterocycles. The van der Waals surface area contributed by atoms with E-state index < -0.39 is 0 Å². The van der Waals surface area contributed by atoms with Crippen LogP contribution >= 0.6 is 0 Å². The molecule has 0 unspecified atom stereocenters. The second kappa shape index (κ2) is 8.55. The third-order valence-electron chi connectivity index (χ3n) is 6.23. The van der Waals surface area contributed by atoms with Gasteiger partial charge in [0.15, 0.2) is 11.6 Å². The van der Waals surface area contributed by atoms with E-state index in [-0.39, 0.29) is 6.04 Å². The van der Waals surface area contributed by atoms with E-state index in [9.17, 15) is 0 Å². The van der Waals surface area contributed by atoms with Crippen LogP contribution in [0.1, 0.15) is 18.5 Å². The Morgan fingerprint density at radius 1 is 1.12 bits per heavy atom. The predicted molar refractivity (Wildman–Crippen MR) is 135 cm³/mol. The Kier molecular flexibility index (Phi) is 5.43. The molecule has 4 aromatic rings. The quantitative estimate of drug-likeness (QED) is 0.435. The van der Waals surface area contributed by atoms with Gasteiger partial charge in [-0.25, -0.2) is 15.0 Å². The zero-order chi connectivity index (χ0) is 22.9. The molecule has 33 heavy (non-hydrogen) atoms. The van der Waals surface area contributed by atoms with Gasteiger partial charge in [-0.05, 0) is 37.1 Å². The van der Waals surface area contributed by atoms with E-state index in [2.05, 4.69) is 49.5 Å². The predicted octanol–water partition coefficient (Wildman–Crippen LogP) is 3.62. The summed E-state index contributed by atoms with van der Waals surface area (Å²) in [5, 5.41) is 4.44. The van der Waals surface area contributed by atoms with Crippen molar-refractivity contribution in [1.29, 1.82) is 0 Å². The van der Waals surface area contributed by atoms with Gasteiger partial charge in [0.05, 0.1) is 23.3 Å². The van der Waals surface area contributed by atoms with Crippen molar-refractivity contribution in [3.8, 4) is 11.3 Å². The van der Waals surface area contributed by atoms with Gasteiger partial charge in [0.2, 0.25) is 0 Å². The molecule has 1 aromatic carbocycles.